The maximum atomic E-state index is 12.6. The number of hydrogen-bond acceptors (Lipinski definition) is 4. The van der Waals surface area contributed by atoms with E-state index >= 15 is 0 Å². The molecule has 1 saturated heterocycles. The third kappa shape index (κ3) is 5.47. The van der Waals surface area contributed by atoms with Gasteiger partial charge in [0, 0.05) is 31.5 Å². The second kappa shape index (κ2) is 11.3. The minimum Gasteiger partial charge on any atom is -0.493 e. The first-order valence-electron chi connectivity index (χ1n) is 10.5. The highest BCUT2D eigenvalue weighted by Gasteiger charge is 2.38. The van der Waals surface area contributed by atoms with E-state index in [0.717, 1.165) is 37.4 Å². The molecular formula is C23H39NO3. The fourth-order valence-electron chi connectivity index (χ4n) is 4.05. The van der Waals surface area contributed by atoms with Crippen molar-refractivity contribution >= 4 is 5.78 Å². The lowest BCUT2D eigenvalue weighted by Gasteiger charge is -2.43. The number of fused-ring (bicyclic) bond motifs is 3. The molecule has 2 aliphatic rings. The van der Waals surface area contributed by atoms with Crippen LogP contribution in [0.1, 0.15) is 71.6 Å². The second-order valence-electron chi connectivity index (χ2n) is 7.16. The van der Waals surface area contributed by atoms with E-state index in [9.17, 15) is 4.79 Å². The van der Waals surface area contributed by atoms with E-state index < -0.39 is 0 Å². The van der Waals surface area contributed by atoms with Gasteiger partial charge < -0.3 is 9.47 Å². The van der Waals surface area contributed by atoms with Crippen molar-refractivity contribution in [1.82, 2.24) is 4.90 Å². The molecule has 2 heterocycles. The molecule has 1 aromatic carbocycles. The maximum Gasteiger partial charge on any atom is 0.161 e. The topological polar surface area (TPSA) is 38.8 Å². The van der Waals surface area contributed by atoms with E-state index in [0.29, 0.717) is 18.1 Å². The zero-order chi connectivity index (χ0) is 20.6. The van der Waals surface area contributed by atoms with Crippen LogP contribution >= 0.6 is 0 Å². The molecule has 0 radical (unpaired) electrons. The highest BCUT2D eigenvalue weighted by molar-refractivity contribution is 5.83. The van der Waals surface area contributed by atoms with Crippen molar-refractivity contribution in [2.45, 2.75) is 66.8 Å². The summed E-state index contributed by atoms with van der Waals surface area (Å²) in [5, 5.41) is 0. The molecule has 0 aromatic heterocycles. The van der Waals surface area contributed by atoms with Crippen molar-refractivity contribution < 1.29 is 14.3 Å². The van der Waals surface area contributed by atoms with Crippen molar-refractivity contribution in [2.24, 2.45) is 11.8 Å². The van der Waals surface area contributed by atoms with Crippen LogP contribution in [0.2, 0.25) is 0 Å². The number of methoxy groups -OCH3 is 2. The molecule has 154 valence electrons. The first-order valence-corrected chi connectivity index (χ1v) is 10.5. The summed E-state index contributed by atoms with van der Waals surface area (Å²) in [6, 6.07) is 4.35. The minimum absolute atomic E-state index is 0.202. The van der Waals surface area contributed by atoms with Crippen molar-refractivity contribution in [3.8, 4) is 11.5 Å². The highest BCUT2D eigenvalue weighted by atomic mass is 16.5. The molecule has 0 aliphatic carbocycles. The fraction of sp³-hybridized carbons (Fsp3) is 0.696. The Balaban J connectivity index is 0.000000855. The smallest absolute Gasteiger partial charge is 0.161 e. The summed E-state index contributed by atoms with van der Waals surface area (Å²) in [5.41, 5.74) is 2.53. The number of carbonyl (C=O) groups is 1. The predicted octanol–water partition coefficient (Wildman–Crippen LogP) is 5.29. The van der Waals surface area contributed by atoms with E-state index in [4.69, 9.17) is 9.47 Å². The molecule has 4 nitrogen and oxygen atoms in total. The third-order valence-electron chi connectivity index (χ3n) is 5.17. The van der Waals surface area contributed by atoms with Gasteiger partial charge in [-0.25, -0.2) is 0 Å². The van der Waals surface area contributed by atoms with Gasteiger partial charge in [-0.05, 0) is 42.0 Å². The van der Waals surface area contributed by atoms with Gasteiger partial charge in [0.2, 0.25) is 0 Å². The Hall–Kier alpha value is -1.55. The predicted molar refractivity (Wildman–Crippen MR) is 113 cm³/mol. The van der Waals surface area contributed by atoms with Crippen LogP contribution in [0.3, 0.4) is 0 Å². The Morgan fingerprint density at radius 3 is 2.22 bits per heavy atom. The Morgan fingerprint density at radius 2 is 1.67 bits per heavy atom. The average Bonchev–Trinajstić information content (AvgIpc) is 2.70. The van der Waals surface area contributed by atoms with Gasteiger partial charge in [0.05, 0.1) is 14.2 Å². The van der Waals surface area contributed by atoms with Crippen molar-refractivity contribution in [1.29, 1.82) is 0 Å². The van der Waals surface area contributed by atoms with Crippen LogP contribution in [-0.2, 0) is 11.2 Å². The zero-order valence-electron chi connectivity index (χ0n) is 18.6. The summed E-state index contributed by atoms with van der Waals surface area (Å²) in [7, 11) is 3.33. The number of Topliss-reactive ketones (excluding diaryl/α,β-unsaturated/α-hetero) is 1. The third-order valence-corrected chi connectivity index (χ3v) is 5.17. The van der Waals surface area contributed by atoms with E-state index in [-0.39, 0.29) is 12.0 Å². The summed E-state index contributed by atoms with van der Waals surface area (Å²) in [6.07, 6.45) is 2.63. The van der Waals surface area contributed by atoms with E-state index in [1.165, 1.54) is 11.1 Å². The van der Waals surface area contributed by atoms with Crippen molar-refractivity contribution in [3.05, 3.63) is 23.3 Å². The summed E-state index contributed by atoms with van der Waals surface area (Å²) >= 11 is 0. The number of nitrogens with zero attached hydrogens (tertiary/aromatic N) is 1. The molecule has 2 atom stereocenters. The number of hydrogen-bond donors (Lipinski definition) is 0. The molecular weight excluding hydrogens is 338 g/mol. The van der Waals surface area contributed by atoms with E-state index in [1.54, 1.807) is 14.2 Å². The molecule has 0 bridgehead atoms. The average molecular weight is 378 g/mol. The molecule has 1 fully saturated rings. The van der Waals surface area contributed by atoms with E-state index in [2.05, 4.69) is 30.9 Å². The normalized spacial score (nSPS) is 21.1. The molecule has 0 saturated carbocycles. The van der Waals surface area contributed by atoms with Crippen LogP contribution in [0.5, 0.6) is 11.5 Å². The number of carbonyl (C=O) groups excluding carboxylic acids is 1. The van der Waals surface area contributed by atoms with Gasteiger partial charge >= 0.3 is 0 Å². The number of ether oxygens (including phenoxy) is 2. The van der Waals surface area contributed by atoms with Gasteiger partial charge in [-0.15, -0.1) is 0 Å². The molecule has 3 rings (SSSR count). The van der Waals surface area contributed by atoms with Gasteiger partial charge in [0.15, 0.2) is 11.5 Å². The van der Waals surface area contributed by atoms with Crippen LogP contribution in [0, 0.1) is 11.8 Å². The van der Waals surface area contributed by atoms with Crippen LogP contribution in [-0.4, -0.2) is 38.0 Å². The molecule has 4 heteroatoms. The van der Waals surface area contributed by atoms with Gasteiger partial charge in [-0.2, -0.15) is 0 Å². The van der Waals surface area contributed by atoms with Crippen LogP contribution in [0.4, 0.5) is 0 Å². The first kappa shape index (κ1) is 23.5. The number of piperidine rings is 1. The molecule has 2 unspecified atom stereocenters. The second-order valence-corrected chi connectivity index (χ2v) is 7.16. The van der Waals surface area contributed by atoms with Crippen LogP contribution in [0.15, 0.2) is 12.1 Å². The molecule has 0 amide bonds. The summed E-state index contributed by atoms with van der Waals surface area (Å²) in [4.78, 5) is 15.1. The largest absolute Gasteiger partial charge is 0.493 e. The molecule has 1 aromatic rings. The Labute approximate surface area is 166 Å². The quantitative estimate of drug-likeness (QED) is 0.714. The van der Waals surface area contributed by atoms with E-state index in [1.807, 2.05) is 27.7 Å². The zero-order valence-corrected chi connectivity index (χ0v) is 18.6. The Bertz CT molecular complexity index is 598. The number of benzene rings is 1. The van der Waals surface area contributed by atoms with Crippen LogP contribution < -0.4 is 9.47 Å². The van der Waals surface area contributed by atoms with Gasteiger partial charge in [-0.1, -0.05) is 41.5 Å². The number of ketones is 1. The molecule has 0 N–H and O–H groups in total. The van der Waals surface area contributed by atoms with Crippen LogP contribution in [0.25, 0.3) is 0 Å². The maximum absolute atomic E-state index is 12.6. The molecule has 2 aliphatic heterocycles. The summed E-state index contributed by atoms with van der Waals surface area (Å²) in [5.74, 6) is 2.72. The highest BCUT2D eigenvalue weighted by Crippen LogP contribution is 2.42. The standard InChI is InChI=1S/C19H27NO3.2C2H6/c1-12(2)7-14-11-20-6-5-13-8-18(22-3)19(23-4)9-15(13)16(20)10-17(14)21;2*1-2/h8-9,12,14,16H,5-7,10-11H2,1-4H3;2*1-2H3. The Morgan fingerprint density at radius 1 is 1.07 bits per heavy atom. The lowest BCUT2D eigenvalue weighted by Crippen LogP contribution is -2.46. The monoisotopic (exact) mass is 377 g/mol. The summed E-state index contributed by atoms with van der Waals surface area (Å²) in [6.45, 7) is 14.3. The fourth-order valence-corrected chi connectivity index (χ4v) is 4.05. The molecule has 0 spiro atoms. The van der Waals surface area contributed by atoms with Gasteiger partial charge in [-0.3, -0.25) is 9.69 Å². The Kier molecular flexibility index (Phi) is 9.86. The first-order chi connectivity index (χ1) is 13.0. The molecule has 27 heavy (non-hydrogen) atoms. The SMILES string of the molecule is CC.CC.COc1cc2c(cc1OC)C1CC(=O)C(CC(C)C)CN1CC2. The van der Waals surface area contributed by atoms with Crippen molar-refractivity contribution in [3.63, 3.8) is 0 Å². The van der Waals surface area contributed by atoms with Gasteiger partial charge in [0.25, 0.3) is 0 Å². The minimum atomic E-state index is 0.202. The van der Waals surface area contributed by atoms with Crippen molar-refractivity contribution in [2.75, 3.05) is 27.3 Å². The van der Waals surface area contributed by atoms with Gasteiger partial charge in [0.1, 0.15) is 5.78 Å². The lowest BCUT2D eigenvalue weighted by molar-refractivity contribution is -0.129. The lowest BCUT2D eigenvalue weighted by atomic mass is 9.80. The summed E-state index contributed by atoms with van der Waals surface area (Å²) < 4.78 is 10.9. The number of rotatable bonds is 4.